The van der Waals surface area contributed by atoms with E-state index in [1.807, 2.05) is 25.1 Å². The molecule has 0 saturated carbocycles. The first-order valence-corrected chi connectivity index (χ1v) is 12.3. The molecule has 1 amide bonds. The zero-order valence-corrected chi connectivity index (χ0v) is 19.2. The highest BCUT2D eigenvalue weighted by Gasteiger charge is 2.29. The van der Waals surface area contributed by atoms with Crippen LogP contribution in [0.5, 0.6) is 0 Å². The van der Waals surface area contributed by atoms with Gasteiger partial charge in [0.2, 0.25) is 15.9 Å². The maximum absolute atomic E-state index is 12.8. The molecule has 0 bridgehead atoms. The number of benzene rings is 2. The van der Waals surface area contributed by atoms with Gasteiger partial charge in [0.25, 0.3) is 0 Å². The number of nitrogens with zero attached hydrogens (tertiary/aromatic N) is 2. The van der Waals surface area contributed by atoms with Gasteiger partial charge in [-0.05, 0) is 42.7 Å². The van der Waals surface area contributed by atoms with E-state index in [1.165, 1.54) is 9.87 Å². The summed E-state index contributed by atoms with van der Waals surface area (Å²) >= 11 is 0. The summed E-state index contributed by atoms with van der Waals surface area (Å²) in [6, 6.07) is 14.4. The highest BCUT2D eigenvalue weighted by atomic mass is 32.2. The Morgan fingerprint density at radius 1 is 1.13 bits per heavy atom. The largest absolute Gasteiger partial charge is 0.379 e. The molecule has 3 rings (SSSR count). The van der Waals surface area contributed by atoms with Crippen LogP contribution in [0.2, 0.25) is 0 Å². The molecule has 1 atom stereocenters. The molecule has 0 aromatic heterocycles. The number of ether oxygens (including phenoxy) is 1. The van der Waals surface area contributed by atoms with Crippen molar-refractivity contribution in [2.75, 3.05) is 36.9 Å². The van der Waals surface area contributed by atoms with E-state index in [-0.39, 0.29) is 5.91 Å². The summed E-state index contributed by atoms with van der Waals surface area (Å²) in [4.78, 5) is 15.1. The molecule has 1 aliphatic rings. The molecule has 2 aromatic rings. The SMILES string of the molecule is Cc1cccc(N([C@@H](C)C(=O)NCc2ccc(CN3CCOCC3)cc2)S(C)(=O)=O)c1. The smallest absolute Gasteiger partial charge is 0.243 e. The highest BCUT2D eigenvalue weighted by molar-refractivity contribution is 7.92. The number of carbonyl (C=O) groups is 1. The van der Waals surface area contributed by atoms with E-state index < -0.39 is 16.1 Å². The topological polar surface area (TPSA) is 79.0 Å². The van der Waals surface area contributed by atoms with E-state index >= 15 is 0 Å². The van der Waals surface area contributed by atoms with E-state index in [0.717, 1.165) is 50.2 Å². The Labute approximate surface area is 185 Å². The number of hydrogen-bond donors (Lipinski definition) is 1. The predicted octanol–water partition coefficient (Wildman–Crippen LogP) is 2.30. The maximum atomic E-state index is 12.8. The highest BCUT2D eigenvalue weighted by Crippen LogP contribution is 2.22. The van der Waals surface area contributed by atoms with Crippen LogP contribution in [0.4, 0.5) is 5.69 Å². The number of nitrogens with one attached hydrogen (secondary N) is 1. The standard InChI is InChI=1S/C23H31N3O4S/c1-18-5-4-6-22(15-18)26(31(3,28)29)19(2)23(27)24-16-20-7-9-21(10-8-20)17-25-11-13-30-14-12-25/h4-10,15,19H,11-14,16-17H2,1-3H3,(H,24,27)/t19-/m0/s1. The van der Waals surface area contributed by atoms with Gasteiger partial charge in [-0.3, -0.25) is 14.0 Å². The quantitative estimate of drug-likeness (QED) is 0.675. The van der Waals surface area contributed by atoms with E-state index in [1.54, 1.807) is 25.1 Å². The number of hydrogen-bond acceptors (Lipinski definition) is 5. The summed E-state index contributed by atoms with van der Waals surface area (Å²) in [7, 11) is -3.62. The molecule has 2 aromatic carbocycles. The van der Waals surface area contributed by atoms with Crippen molar-refractivity contribution in [3.05, 3.63) is 65.2 Å². The molecule has 8 heteroatoms. The summed E-state index contributed by atoms with van der Waals surface area (Å²) < 4.78 is 31.3. The van der Waals surface area contributed by atoms with Crippen molar-refractivity contribution in [1.29, 1.82) is 0 Å². The van der Waals surface area contributed by atoms with E-state index in [9.17, 15) is 13.2 Å². The fraction of sp³-hybridized carbons (Fsp3) is 0.435. The third kappa shape index (κ3) is 6.53. The number of anilines is 1. The van der Waals surface area contributed by atoms with Gasteiger partial charge in [-0.15, -0.1) is 0 Å². The molecule has 1 aliphatic heterocycles. The fourth-order valence-electron chi connectivity index (χ4n) is 3.69. The summed E-state index contributed by atoms with van der Waals surface area (Å²) in [5.41, 5.74) is 3.59. The summed E-state index contributed by atoms with van der Waals surface area (Å²) in [6.45, 7) is 8.13. The van der Waals surface area contributed by atoms with Gasteiger partial charge < -0.3 is 10.1 Å². The lowest BCUT2D eigenvalue weighted by Crippen LogP contribution is -2.47. The molecule has 0 spiro atoms. The fourth-order valence-corrected chi connectivity index (χ4v) is 4.86. The third-order valence-corrected chi connectivity index (χ3v) is 6.59. The van der Waals surface area contributed by atoms with Crippen molar-refractivity contribution in [2.45, 2.75) is 33.0 Å². The van der Waals surface area contributed by atoms with Crippen LogP contribution in [0, 0.1) is 6.92 Å². The van der Waals surface area contributed by atoms with Crippen molar-refractivity contribution in [2.24, 2.45) is 0 Å². The second kappa shape index (κ2) is 10.3. The van der Waals surface area contributed by atoms with Crippen LogP contribution in [0.1, 0.15) is 23.6 Å². The van der Waals surface area contributed by atoms with Crippen molar-refractivity contribution < 1.29 is 17.9 Å². The van der Waals surface area contributed by atoms with Crippen LogP contribution in [-0.2, 0) is 32.6 Å². The Bertz CT molecular complexity index is 986. The summed E-state index contributed by atoms with van der Waals surface area (Å²) in [5.74, 6) is -0.343. The molecule has 1 N–H and O–H groups in total. The molecular weight excluding hydrogens is 414 g/mol. The third-order valence-electron chi connectivity index (χ3n) is 5.34. The zero-order valence-electron chi connectivity index (χ0n) is 18.4. The Kier molecular flexibility index (Phi) is 7.69. The summed E-state index contributed by atoms with van der Waals surface area (Å²) in [5, 5.41) is 2.86. The molecular formula is C23H31N3O4S. The molecule has 0 radical (unpaired) electrons. The van der Waals surface area contributed by atoms with Crippen molar-refractivity contribution >= 4 is 21.6 Å². The van der Waals surface area contributed by atoms with Crippen LogP contribution in [-0.4, -0.2) is 57.8 Å². The Morgan fingerprint density at radius 2 is 1.77 bits per heavy atom. The number of sulfonamides is 1. The first kappa shape index (κ1) is 23.2. The number of carbonyl (C=O) groups excluding carboxylic acids is 1. The van der Waals surface area contributed by atoms with Crippen LogP contribution in [0.25, 0.3) is 0 Å². The van der Waals surface area contributed by atoms with Gasteiger partial charge >= 0.3 is 0 Å². The second-order valence-corrected chi connectivity index (χ2v) is 9.86. The van der Waals surface area contributed by atoms with Crippen LogP contribution in [0.3, 0.4) is 0 Å². The molecule has 168 valence electrons. The number of rotatable bonds is 8. The van der Waals surface area contributed by atoms with Gasteiger partial charge in [0.05, 0.1) is 25.2 Å². The van der Waals surface area contributed by atoms with E-state index in [0.29, 0.717) is 12.2 Å². The molecule has 0 aliphatic carbocycles. The molecule has 0 unspecified atom stereocenters. The number of morpholine rings is 1. The molecule has 7 nitrogen and oxygen atoms in total. The molecule has 31 heavy (non-hydrogen) atoms. The minimum Gasteiger partial charge on any atom is -0.379 e. The lowest BCUT2D eigenvalue weighted by molar-refractivity contribution is -0.122. The monoisotopic (exact) mass is 445 g/mol. The van der Waals surface area contributed by atoms with Crippen molar-refractivity contribution in [1.82, 2.24) is 10.2 Å². The van der Waals surface area contributed by atoms with Gasteiger partial charge in [-0.2, -0.15) is 0 Å². The summed E-state index contributed by atoms with van der Waals surface area (Å²) in [6.07, 6.45) is 1.12. The Morgan fingerprint density at radius 3 is 2.39 bits per heavy atom. The minimum atomic E-state index is -3.62. The molecule has 1 heterocycles. The molecule has 1 saturated heterocycles. The van der Waals surface area contributed by atoms with Gasteiger partial charge in [-0.1, -0.05) is 36.4 Å². The van der Waals surface area contributed by atoms with Gasteiger partial charge in [-0.25, -0.2) is 8.42 Å². The van der Waals surface area contributed by atoms with Gasteiger partial charge in [0, 0.05) is 26.2 Å². The minimum absolute atomic E-state index is 0.340. The first-order valence-electron chi connectivity index (χ1n) is 10.5. The number of amides is 1. The molecule has 1 fully saturated rings. The maximum Gasteiger partial charge on any atom is 0.243 e. The van der Waals surface area contributed by atoms with E-state index in [2.05, 4.69) is 22.3 Å². The predicted molar refractivity (Wildman–Crippen MR) is 122 cm³/mol. The average Bonchev–Trinajstić information content (AvgIpc) is 2.73. The van der Waals surface area contributed by atoms with Crippen LogP contribution < -0.4 is 9.62 Å². The van der Waals surface area contributed by atoms with Crippen molar-refractivity contribution in [3.8, 4) is 0 Å². The van der Waals surface area contributed by atoms with Crippen LogP contribution >= 0.6 is 0 Å². The Balaban J connectivity index is 1.60. The average molecular weight is 446 g/mol. The second-order valence-electron chi connectivity index (χ2n) is 8.00. The van der Waals surface area contributed by atoms with Gasteiger partial charge in [0.1, 0.15) is 6.04 Å². The zero-order chi connectivity index (χ0) is 22.4. The van der Waals surface area contributed by atoms with Crippen LogP contribution in [0.15, 0.2) is 48.5 Å². The Hall–Kier alpha value is -2.42. The lowest BCUT2D eigenvalue weighted by atomic mass is 10.1. The normalized spacial score (nSPS) is 16.0. The van der Waals surface area contributed by atoms with Gasteiger partial charge in [0.15, 0.2) is 0 Å². The van der Waals surface area contributed by atoms with Crippen molar-refractivity contribution in [3.63, 3.8) is 0 Å². The lowest BCUT2D eigenvalue weighted by Gasteiger charge is -2.28. The van der Waals surface area contributed by atoms with E-state index in [4.69, 9.17) is 4.74 Å². The first-order chi connectivity index (χ1) is 14.7. The number of aryl methyl sites for hydroxylation is 1.